The first-order valence-corrected chi connectivity index (χ1v) is 8.10. The number of halogens is 3. The maximum atomic E-state index is 12.5. The third kappa shape index (κ3) is 4.22. The Morgan fingerprint density at radius 1 is 0.923 bits per heavy atom. The molecule has 0 spiro atoms. The monoisotopic (exact) mass is 362 g/mol. The number of nitrogens with one attached hydrogen (secondary N) is 2. The van der Waals surface area contributed by atoms with Gasteiger partial charge in [-0.15, -0.1) is 0 Å². The second kappa shape index (κ2) is 6.82. The normalized spacial score (nSPS) is 18.9. The Kier molecular flexibility index (Phi) is 4.71. The average molecular weight is 362 g/mol. The fourth-order valence-electron chi connectivity index (χ4n) is 2.71. The lowest BCUT2D eigenvalue weighted by Gasteiger charge is -2.09. The zero-order valence-corrected chi connectivity index (χ0v) is 13.9. The molecule has 0 aliphatic heterocycles. The van der Waals surface area contributed by atoms with Gasteiger partial charge in [-0.3, -0.25) is 9.59 Å². The second-order valence-electron chi connectivity index (χ2n) is 6.37. The average Bonchev–Trinajstić information content (AvgIpc) is 3.35. The highest BCUT2D eigenvalue weighted by molar-refractivity contribution is 6.03. The molecule has 26 heavy (non-hydrogen) atoms. The van der Waals surface area contributed by atoms with Crippen LogP contribution in [0.15, 0.2) is 48.5 Å². The summed E-state index contributed by atoms with van der Waals surface area (Å²) in [5, 5.41) is 5.33. The molecule has 0 heterocycles. The minimum absolute atomic E-state index is 0.233. The van der Waals surface area contributed by atoms with Gasteiger partial charge in [0, 0.05) is 11.4 Å². The molecule has 2 aromatic carbocycles. The molecule has 2 amide bonds. The molecule has 0 aromatic heterocycles. The number of hydrogen-bond acceptors (Lipinski definition) is 2. The van der Waals surface area contributed by atoms with Crippen molar-refractivity contribution < 1.29 is 22.8 Å². The maximum absolute atomic E-state index is 12.5. The Bertz CT molecular complexity index is 831. The molecular formula is C19H17F3N2O2. The van der Waals surface area contributed by atoms with Gasteiger partial charge in [-0.2, -0.15) is 13.2 Å². The number of aryl methyl sites for hydroxylation is 1. The van der Waals surface area contributed by atoms with Crippen molar-refractivity contribution in [3.05, 3.63) is 59.7 Å². The molecule has 1 saturated carbocycles. The van der Waals surface area contributed by atoms with Crippen LogP contribution >= 0.6 is 0 Å². The van der Waals surface area contributed by atoms with Crippen LogP contribution in [-0.4, -0.2) is 11.8 Å². The smallest absolute Gasteiger partial charge is 0.326 e. The predicted octanol–water partition coefficient (Wildman–Crippen LogP) is 4.23. The van der Waals surface area contributed by atoms with Gasteiger partial charge in [-0.25, -0.2) is 0 Å². The first kappa shape index (κ1) is 18.0. The number of rotatable bonds is 4. The number of carbonyl (C=O) groups is 2. The number of hydrogen-bond donors (Lipinski definition) is 2. The van der Waals surface area contributed by atoms with Crippen molar-refractivity contribution in [2.45, 2.75) is 19.5 Å². The van der Waals surface area contributed by atoms with Crippen LogP contribution in [0.4, 0.5) is 24.5 Å². The summed E-state index contributed by atoms with van der Waals surface area (Å²) in [7, 11) is 0. The van der Waals surface area contributed by atoms with E-state index < -0.39 is 23.6 Å². The maximum Gasteiger partial charge on any atom is 0.416 e. The molecule has 1 aliphatic carbocycles. The molecule has 0 bridgehead atoms. The van der Waals surface area contributed by atoms with Crippen LogP contribution in [0.2, 0.25) is 0 Å². The van der Waals surface area contributed by atoms with E-state index in [1.807, 2.05) is 25.1 Å². The van der Waals surface area contributed by atoms with Gasteiger partial charge in [-0.05, 0) is 55.3 Å². The van der Waals surface area contributed by atoms with Crippen LogP contribution in [0.3, 0.4) is 0 Å². The molecule has 2 unspecified atom stereocenters. The standard InChI is InChI=1S/C19H17F3N2O2/c1-11-3-2-4-14(9-11)24-18(26)16-10-15(16)17(25)23-13-7-5-12(6-8-13)19(20,21)22/h2-9,15-16H,10H2,1H3,(H,23,25)(H,24,26). The summed E-state index contributed by atoms with van der Waals surface area (Å²) < 4.78 is 37.6. The lowest BCUT2D eigenvalue weighted by molar-refractivity contribution is -0.137. The first-order valence-electron chi connectivity index (χ1n) is 8.10. The van der Waals surface area contributed by atoms with Crippen LogP contribution in [0.5, 0.6) is 0 Å². The van der Waals surface area contributed by atoms with E-state index in [4.69, 9.17) is 0 Å². The van der Waals surface area contributed by atoms with Gasteiger partial charge in [0.1, 0.15) is 0 Å². The summed E-state index contributed by atoms with van der Waals surface area (Å²) >= 11 is 0. The zero-order chi connectivity index (χ0) is 18.9. The molecule has 2 aromatic rings. The van der Waals surface area contributed by atoms with E-state index in [9.17, 15) is 22.8 Å². The van der Waals surface area contributed by atoms with Crippen LogP contribution in [0.25, 0.3) is 0 Å². The molecule has 1 fully saturated rings. The molecule has 136 valence electrons. The van der Waals surface area contributed by atoms with Crippen molar-refractivity contribution >= 4 is 23.2 Å². The second-order valence-corrected chi connectivity index (χ2v) is 6.37. The minimum Gasteiger partial charge on any atom is -0.326 e. The first-order chi connectivity index (χ1) is 12.2. The van der Waals surface area contributed by atoms with Crippen molar-refractivity contribution in [2.75, 3.05) is 10.6 Å². The summed E-state index contributed by atoms with van der Waals surface area (Å²) in [4.78, 5) is 24.4. The highest BCUT2D eigenvalue weighted by Gasteiger charge is 2.48. The molecule has 4 nitrogen and oxygen atoms in total. The van der Waals surface area contributed by atoms with Crippen molar-refractivity contribution in [2.24, 2.45) is 11.8 Å². The zero-order valence-electron chi connectivity index (χ0n) is 13.9. The lowest BCUT2D eigenvalue weighted by Crippen LogP contribution is -2.20. The quantitative estimate of drug-likeness (QED) is 0.855. The third-order valence-corrected chi connectivity index (χ3v) is 4.23. The fraction of sp³-hybridized carbons (Fsp3) is 0.263. The highest BCUT2D eigenvalue weighted by atomic mass is 19.4. The Balaban J connectivity index is 1.54. The Morgan fingerprint density at radius 2 is 1.50 bits per heavy atom. The molecule has 0 radical (unpaired) electrons. The Labute approximate surface area is 148 Å². The summed E-state index contributed by atoms with van der Waals surface area (Å²) in [6.45, 7) is 1.91. The molecule has 2 atom stereocenters. The Hall–Kier alpha value is -2.83. The van der Waals surface area contributed by atoms with Crippen molar-refractivity contribution in [3.8, 4) is 0 Å². The molecular weight excluding hydrogens is 345 g/mol. The SMILES string of the molecule is Cc1cccc(NC(=O)C2CC2C(=O)Nc2ccc(C(F)(F)F)cc2)c1. The van der Waals surface area contributed by atoms with Crippen LogP contribution in [0.1, 0.15) is 17.5 Å². The van der Waals surface area contributed by atoms with Gasteiger partial charge in [0.25, 0.3) is 0 Å². The summed E-state index contributed by atoms with van der Waals surface area (Å²) in [5.41, 5.74) is 1.17. The third-order valence-electron chi connectivity index (χ3n) is 4.23. The van der Waals surface area contributed by atoms with Crippen LogP contribution in [0, 0.1) is 18.8 Å². The van der Waals surface area contributed by atoms with Crippen molar-refractivity contribution in [3.63, 3.8) is 0 Å². The molecule has 2 N–H and O–H groups in total. The highest BCUT2D eigenvalue weighted by Crippen LogP contribution is 2.40. The van der Waals surface area contributed by atoms with Gasteiger partial charge in [0.2, 0.25) is 11.8 Å². The number of carbonyl (C=O) groups excluding carboxylic acids is 2. The summed E-state index contributed by atoms with van der Waals surface area (Å²) in [6, 6.07) is 11.5. The predicted molar refractivity (Wildman–Crippen MR) is 91.5 cm³/mol. The van der Waals surface area contributed by atoms with Crippen molar-refractivity contribution in [1.82, 2.24) is 0 Å². The largest absolute Gasteiger partial charge is 0.416 e. The number of alkyl halides is 3. The van der Waals surface area contributed by atoms with E-state index in [1.165, 1.54) is 12.1 Å². The van der Waals surface area contributed by atoms with Gasteiger partial charge < -0.3 is 10.6 Å². The van der Waals surface area contributed by atoms with Gasteiger partial charge in [-0.1, -0.05) is 12.1 Å². The van der Waals surface area contributed by atoms with Crippen LogP contribution in [-0.2, 0) is 15.8 Å². The molecule has 1 aliphatic rings. The van der Waals surface area contributed by atoms with Crippen LogP contribution < -0.4 is 10.6 Å². The number of benzene rings is 2. The topological polar surface area (TPSA) is 58.2 Å². The van der Waals surface area contributed by atoms with Gasteiger partial charge in [0.15, 0.2) is 0 Å². The lowest BCUT2D eigenvalue weighted by atomic mass is 10.2. The molecule has 3 rings (SSSR count). The summed E-state index contributed by atoms with van der Waals surface area (Å²) in [6.07, 6.45) is -4.00. The van der Waals surface area contributed by atoms with E-state index in [0.29, 0.717) is 12.1 Å². The number of anilines is 2. The summed E-state index contributed by atoms with van der Waals surface area (Å²) in [5.74, 6) is -1.50. The minimum atomic E-state index is -4.42. The van der Waals surface area contributed by atoms with E-state index in [0.717, 1.165) is 17.7 Å². The van der Waals surface area contributed by atoms with E-state index in [2.05, 4.69) is 10.6 Å². The van der Waals surface area contributed by atoms with E-state index >= 15 is 0 Å². The van der Waals surface area contributed by atoms with Crippen molar-refractivity contribution in [1.29, 1.82) is 0 Å². The van der Waals surface area contributed by atoms with Gasteiger partial charge >= 0.3 is 6.18 Å². The number of amides is 2. The fourth-order valence-corrected chi connectivity index (χ4v) is 2.71. The van der Waals surface area contributed by atoms with E-state index in [-0.39, 0.29) is 17.5 Å². The molecule has 7 heteroatoms. The van der Waals surface area contributed by atoms with Gasteiger partial charge in [0.05, 0.1) is 17.4 Å². The Morgan fingerprint density at radius 3 is 2.04 bits per heavy atom. The molecule has 0 saturated heterocycles. The van der Waals surface area contributed by atoms with E-state index in [1.54, 1.807) is 6.07 Å².